The third-order valence-corrected chi connectivity index (χ3v) is 5.84. The topological polar surface area (TPSA) is 108 Å². The number of nitrogens with one attached hydrogen (secondary N) is 1. The molecule has 32 heavy (non-hydrogen) atoms. The van der Waals surface area contributed by atoms with E-state index in [1.54, 1.807) is 35.2 Å². The highest BCUT2D eigenvalue weighted by atomic mass is 32.2. The number of aromatic nitrogens is 4. The van der Waals surface area contributed by atoms with Gasteiger partial charge in [0, 0.05) is 24.1 Å². The van der Waals surface area contributed by atoms with Crippen molar-refractivity contribution in [3.8, 4) is 23.2 Å². The fraction of sp³-hybridized carbons (Fsp3) is 0.0952. The molecule has 2 aromatic heterocycles. The third-order valence-electron chi connectivity index (χ3n) is 4.46. The van der Waals surface area contributed by atoms with Crippen molar-refractivity contribution < 1.29 is 22.3 Å². The van der Waals surface area contributed by atoms with Gasteiger partial charge in [0.1, 0.15) is 23.7 Å². The summed E-state index contributed by atoms with van der Waals surface area (Å²) in [6, 6.07) is 11.3. The molecule has 0 spiro atoms. The largest absolute Gasteiger partial charge is 0.494 e. The number of hydrogen-bond acceptors (Lipinski definition) is 7. The molecule has 9 nitrogen and oxygen atoms in total. The SMILES string of the molecule is COc1ccc(S(=O)(=O)Nc2ccc(Oc3cc(-n4ccnc4C)ncn3)cc2)cc1F. The zero-order chi connectivity index (χ0) is 22.7. The van der Waals surface area contributed by atoms with Crippen molar-refractivity contribution in [2.24, 2.45) is 0 Å². The van der Waals surface area contributed by atoms with Crippen LogP contribution in [0.15, 0.2) is 72.1 Å². The number of hydrogen-bond donors (Lipinski definition) is 1. The van der Waals surface area contributed by atoms with Crippen molar-refractivity contribution in [1.82, 2.24) is 19.5 Å². The quantitative estimate of drug-likeness (QED) is 0.452. The van der Waals surface area contributed by atoms with Gasteiger partial charge in [0.2, 0.25) is 5.88 Å². The Balaban J connectivity index is 1.48. The summed E-state index contributed by atoms with van der Waals surface area (Å²) in [7, 11) is -2.68. The molecule has 0 aliphatic rings. The van der Waals surface area contributed by atoms with Crippen molar-refractivity contribution in [3.05, 3.63) is 78.9 Å². The molecule has 4 aromatic rings. The Hall–Kier alpha value is -3.99. The van der Waals surface area contributed by atoms with Crippen LogP contribution in [-0.2, 0) is 10.0 Å². The van der Waals surface area contributed by atoms with E-state index in [1.165, 1.54) is 37.7 Å². The summed E-state index contributed by atoms with van der Waals surface area (Å²) in [5.41, 5.74) is 0.283. The highest BCUT2D eigenvalue weighted by Crippen LogP contribution is 2.25. The summed E-state index contributed by atoms with van der Waals surface area (Å²) in [5, 5.41) is 0. The molecule has 0 amide bonds. The van der Waals surface area contributed by atoms with E-state index in [1.807, 2.05) is 6.92 Å². The molecule has 4 rings (SSSR count). The summed E-state index contributed by atoms with van der Waals surface area (Å²) < 4.78 is 53.7. The molecule has 1 N–H and O–H groups in total. The molecule has 0 fully saturated rings. The average Bonchev–Trinajstić information content (AvgIpc) is 3.21. The van der Waals surface area contributed by atoms with Crippen LogP contribution in [0.25, 0.3) is 5.82 Å². The second-order valence-corrected chi connectivity index (χ2v) is 8.27. The summed E-state index contributed by atoms with van der Waals surface area (Å²) in [6.07, 6.45) is 4.82. The van der Waals surface area contributed by atoms with E-state index in [4.69, 9.17) is 9.47 Å². The molecule has 0 atom stereocenters. The van der Waals surface area contributed by atoms with Gasteiger partial charge in [-0.1, -0.05) is 0 Å². The molecule has 0 saturated heterocycles. The van der Waals surface area contributed by atoms with E-state index in [-0.39, 0.29) is 16.3 Å². The van der Waals surface area contributed by atoms with Gasteiger partial charge >= 0.3 is 0 Å². The third kappa shape index (κ3) is 4.52. The lowest BCUT2D eigenvalue weighted by atomic mass is 10.3. The van der Waals surface area contributed by atoms with Crippen LogP contribution in [-0.4, -0.2) is 35.0 Å². The van der Waals surface area contributed by atoms with Crippen LogP contribution >= 0.6 is 0 Å². The molecule has 164 valence electrons. The first-order chi connectivity index (χ1) is 15.4. The maximum atomic E-state index is 13.9. The van der Waals surface area contributed by atoms with Crippen LogP contribution in [0.1, 0.15) is 5.82 Å². The maximum Gasteiger partial charge on any atom is 0.262 e. The Morgan fingerprint density at radius 1 is 1.03 bits per heavy atom. The molecule has 0 saturated carbocycles. The minimum absolute atomic E-state index is 0.0403. The molecule has 0 aliphatic heterocycles. The molecular weight excluding hydrogens is 437 g/mol. The lowest BCUT2D eigenvalue weighted by molar-refractivity contribution is 0.385. The second kappa shape index (κ2) is 8.63. The molecular formula is C21H18FN5O4S. The van der Waals surface area contributed by atoms with Crippen molar-refractivity contribution in [2.45, 2.75) is 11.8 Å². The highest BCUT2D eigenvalue weighted by Gasteiger charge is 2.17. The molecule has 2 heterocycles. The summed E-state index contributed by atoms with van der Waals surface area (Å²) in [5.74, 6) is 1.31. The number of halogens is 1. The first-order valence-electron chi connectivity index (χ1n) is 9.32. The first kappa shape index (κ1) is 21.2. The second-order valence-electron chi connectivity index (χ2n) is 6.59. The molecule has 2 aromatic carbocycles. The van der Waals surface area contributed by atoms with Gasteiger partial charge in [0.05, 0.1) is 12.0 Å². The fourth-order valence-corrected chi connectivity index (χ4v) is 3.95. The van der Waals surface area contributed by atoms with E-state index in [2.05, 4.69) is 19.7 Å². The van der Waals surface area contributed by atoms with E-state index < -0.39 is 15.8 Å². The Kier molecular flexibility index (Phi) is 5.73. The Labute approximate surface area is 183 Å². The summed E-state index contributed by atoms with van der Waals surface area (Å²) in [4.78, 5) is 12.2. The number of aryl methyl sites for hydroxylation is 1. The summed E-state index contributed by atoms with van der Waals surface area (Å²) >= 11 is 0. The highest BCUT2D eigenvalue weighted by molar-refractivity contribution is 7.92. The number of rotatable bonds is 7. The van der Waals surface area contributed by atoms with Crippen LogP contribution in [0.2, 0.25) is 0 Å². The zero-order valence-corrected chi connectivity index (χ0v) is 17.9. The number of imidazole rings is 1. The van der Waals surface area contributed by atoms with Gasteiger partial charge in [-0.25, -0.2) is 27.8 Å². The first-order valence-corrected chi connectivity index (χ1v) is 10.8. The van der Waals surface area contributed by atoms with Crippen LogP contribution in [0.3, 0.4) is 0 Å². The normalized spacial score (nSPS) is 11.2. The number of methoxy groups -OCH3 is 1. The molecule has 0 aliphatic carbocycles. The Morgan fingerprint density at radius 3 is 2.47 bits per heavy atom. The van der Waals surface area contributed by atoms with E-state index in [0.717, 1.165) is 11.9 Å². The van der Waals surface area contributed by atoms with Gasteiger partial charge in [0.25, 0.3) is 10.0 Å². The molecule has 0 bridgehead atoms. The monoisotopic (exact) mass is 455 g/mol. The van der Waals surface area contributed by atoms with Crippen LogP contribution in [0.4, 0.5) is 10.1 Å². The van der Waals surface area contributed by atoms with Crippen molar-refractivity contribution in [2.75, 3.05) is 11.8 Å². The van der Waals surface area contributed by atoms with Gasteiger partial charge < -0.3 is 9.47 Å². The van der Waals surface area contributed by atoms with Crippen LogP contribution < -0.4 is 14.2 Å². The van der Waals surface area contributed by atoms with E-state index in [0.29, 0.717) is 17.4 Å². The van der Waals surface area contributed by atoms with Gasteiger partial charge in [-0.05, 0) is 49.4 Å². The molecule has 0 radical (unpaired) electrons. The Bertz CT molecular complexity index is 1360. The van der Waals surface area contributed by atoms with Crippen molar-refractivity contribution in [3.63, 3.8) is 0 Å². The predicted molar refractivity (Wildman–Crippen MR) is 114 cm³/mol. The standard InChI is InChI=1S/C21H18FN5O4S/c1-14-23-9-10-27(14)20-12-21(25-13-24-20)31-16-5-3-15(4-6-16)26-32(28,29)17-7-8-19(30-2)18(22)11-17/h3-13,26H,1-2H3. The fourth-order valence-electron chi connectivity index (χ4n) is 2.88. The average molecular weight is 455 g/mol. The summed E-state index contributed by atoms with van der Waals surface area (Å²) in [6.45, 7) is 1.85. The maximum absolute atomic E-state index is 13.9. The van der Waals surface area contributed by atoms with Crippen LogP contribution in [0, 0.1) is 12.7 Å². The number of sulfonamides is 1. The zero-order valence-electron chi connectivity index (χ0n) is 17.1. The Morgan fingerprint density at radius 2 is 1.81 bits per heavy atom. The van der Waals surface area contributed by atoms with Gasteiger partial charge in [-0.15, -0.1) is 0 Å². The number of ether oxygens (including phenoxy) is 2. The molecule has 11 heteroatoms. The van der Waals surface area contributed by atoms with Gasteiger partial charge in [-0.3, -0.25) is 9.29 Å². The van der Waals surface area contributed by atoms with E-state index in [9.17, 15) is 12.8 Å². The van der Waals surface area contributed by atoms with Gasteiger partial charge in [0.15, 0.2) is 11.6 Å². The molecule has 0 unspecified atom stereocenters. The number of nitrogens with zero attached hydrogens (tertiary/aromatic N) is 4. The van der Waals surface area contributed by atoms with E-state index >= 15 is 0 Å². The van der Waals surface area contributed by atoms with Gasteiger partial charge in [-0.2, -0.15) is 0 Å². The predicted octanol–water partition coefficient (Wildman–Crippen LogP) is 3.71. The smallest absolute Gasteiger partial charge is 0.262 e. The minimum atomic E-state index is -3.98. The minimum Gasteiger partial charge on any atom is -0.494 e. The number of benzene rings is 2. The van der Waals surface area contributed by atoms with Crippen molar-refractivity contribution >= 4 is 15.7 Å². The van der Waals surface area contributed by atoms with Crippen molar-refractivity contribution in [1.29, 1.82) is 0 Å². The lowest BCUT2D eigenvalue weighted by Gasteiger charge is -2.11. The number of anilines is 1. The van der Waals surface area contributed by atoms with Crippen LogP contribution in [0.5, 0.6) is 17.4 Å². The lowest BCUT2D eigenvalue weighted by Crippen LogP contribution is -2.13.